The lowest BCUT2D eigenvalue weighted by molar-refractivity contribution is -0.132. The number of likely N-dealkylation sites (N-methyl/N-ethyl adjacent to an activating group) is 1. The molecular formula is C16H23ClF2N2O. The molecule has 0 aliphatic carbocycles. The van der Waals surface area contributed by atoms with Crippen LogP contribution in [0.25, 0.3) is 0 Å². The van der Waals surface area contributed by atoms with Gasteiger partial charge in [-0.05, 0) is 50.3 Å². The minimum atomic E-state index is -0.544. The quantitative estimate of drug-likeness (QED) is 0.899. The normalized spacial score (nSPS) is 18.0. The maximum Gasteiger partial charge on any atom is 0.236 e. The molecule has 1 aliphatic rings. The Morgan fingerprint density at radius 2 is 2.18 bits per heavy atom. The van der Waals surface area contributed by atoms with Gasteiger partial charge in [-0.25, -0.2) is 8.78 Å². The zero-order valence-electron chi connectivity index (χ0n) is 12.8. The number of piperidine rings is 1. The molecule has 1 atom stereocenters. The van der Waals surface area contributed by atoms with Crippen LogP contribution in [0.3, 0.4) is 0 Å². The number of likely N-dealkylation sites (tertiary alicyclic amines) is 1. The minimum absolute atomic E-state index is 0. The number of rotatable bonds is 5. The van der Waals surface area contributed by atoms with E-state index in [1.54, 1.807) is 7.05 Å². The Labute approximate surface area is 136 Å². The number of benzene rings is 1. The number of nitrogens with one attached hydrogen (secondary N) is 1. The van der Waals surface area contributed by atoms with Crippen molar-refractivity contribution in [3.05, 3.63) is 35.4 Å². The van der Waals surface area contributed by atoms with Crippen LogP contribution in [-0.4, -0.2) is 37.5 Å². The van der Waals surface area contributed by atoms with Crippen molar-refractivity contribution in [3.63, 3.8) is 0 Å². The molecule has 6 heteroatoms. The lowest BCUT2D eigenvalue weighted by atomic mass is 9.91. The number of carbonyl (C=O) groups excluding carboxylic acids is 1. The standard InChI is InChI=1S/C16H22F2N2O.ClH/c1-19-10-16(21)20-8-2-3-12(11-20)4-5-13-6-7-14(17)9-15(13)18;/h6-7,9,12,19H,2-5,8,10-11H2,1H3;1H. The zero-order valence-corrected chi connectivity index (χ0v) is 13.6. The molecule has 1 aromatic carbocycles. The summed E-state index contributed by atoms with van der Waals surface area (Å²) in [6, 6.07) is 3.73. The van der Waals surface area contributed by atoms with E-state index in [0.29, 0.717) is 24.4 Å². The topological polar surface area (TPSA) is 32.3 Å². The van der Waals surface area contributed by atoms with Gasteiger partial charge < -0.3 is 10.2 Å². The summed E-state index contributed by atoms with van der Waals surface area (Å²) in [4.78, 5) is 13.8. The van der Waals surface area contributed by atoms with Gasteiger partial charge in [-0.1, -0.05) is 6.07 Å². The van der Waals surface area contributed by atoms with Crippen LogP contribution in [0.1, 0.15) is 24.8 Å². The Hall–Kier alpha value is -1.20. The Balaban J connectivity index is 0.00000242. The molecule has 22 heavy (non-hydrogen) atoms. The van der Waals surface area contributed by atoms with E-state index in [0.717, 1.165) is 38.4 Å². The molecule has 1 heterocycles. The van der Waals surface area contributed by atoms with Gasteiger partial charge in [0.15, 0.2) is 0 Å². The smallest absolute Gasteiger partial charge is 0.236 e. The van der Waals surface area contributed by atoms with Crippen LogP contribution in [0.2, 0.25) is 0 Å². The number of hydrogen-bond acceptors (Lipinski definition) is 2. The molecule has 124 valence electrons. The molecule has 2 rings (SSSR count). The monoisotopic (exact) mass is 332 g/mol. The van der Waals surface area contributed by atoms with E-state index < -0.39 is 11.6 Å². The molecule has 0 bridgehead atoms. The van der Waals surface area contributed by atoms with Gasteiger partial charge >= 0.3 is 0 Å². The van der Waals surface area contributed by atoms with Crippen LogP contribution in [0, 0.1) is 17.6 Å². The summed E-state index contributed by atoms with van der Waals surface area (Å²) < 4.78 is 26.5. The predicted molar refractivity (Wildman–Crippen MR) is 85.2 cm³/mol. The zero-order chi connectivity index (χ0) is 15.2. The van der Waals surface area contributed by atoms with Crippen molar-refractivity contribution in [2.24, 2.45) is 5.92 Å². The first-order valence-electron chi connectivity index (χ1n) is 7.46. The van der Waals surface area contributed by atoms with Gasteiger partial charge in [-0.15, -0.1) is 12.4 Å². The maximum absolute atomic E-state index is 13.6. The number of nitrogens with zero attached hydrogens (tertiary/aromatic N) is 1. The molecule has 1 amide bonds. The summed E-state index contributed by atoms with van der Waals surface area (Å²) in [6.07, 6.45) is 3.47. The second kappa shape index (κ2) is 9.06. The average molecular weight is 333 g/mol. The highest BCUT2D eigenvalue weighted by Crippen LogP contribution is 2.22. The van der Waals surface area contributed by atoms with E-state index in [1.165, 1.54) is 12.1 Å². The Kier molecular flexibility index (Phi) is 7.76. The van der Waals surface area contributed by atoms with Crippen molar-refractivity contribution >= 4 is 18.3 Å². The Morgan fingerprint density at radius 1 is 1.41 bits per heavy atom. The fourth-order valence-corrected chi connectivity index (χ4v) is 2.87. The summed E-state index contributed by atoms with van der Waals surface area (Å²) in [6.45, 7) is 1.91. The lowest BCUT2D eigenvalue weighted by Gasteiger charge is -2.33. The first-order chi connectivity index (χ1) is 10.1. The molecule has 1 saturated heterocycles. The Morgan fingerprint density at radius 3 is 2.86 bits per heavy atom. The summed E-state index contributed by atoms with van der Waals surface area (Å²) in [7, 11) is 1.76. The number of halogens is 3. The van der Waals surface area contributed by atoms with E-state index in [2.05, 4.69) is 5.32 Å². The van der Waals surface area contributed by atoms with Crippen LogP contribution in [0.15, 0.2) is 18.2 Å². The molecule has 0 radical (unpaired) electrons. The first-order valence-corrected chi connectivity index (χ1v) is 7.46. The number of carbonyl (C=O) groups is 1. The van der Waals surface area contributed by atoms with Crippen molar-refractivity contribution in [1.29, 1.82) is 0 Å². The third-order valence-electron chi connectivity index (χ3n) is 4.04. The largest absolute Gasteiger partial charge is 0.341 e. The van der Waals surface area contributed by atoms with Gasteiger partial charge in [0.1, 0.15) is 11.6 Å². The first kappa shape index (κ1) is 18.8. The van der Waals surface area contributed by atoms with Gasteiger partial charge in [0.05, 0.1) is 6.54 Å². The maximum atomic E-state index is 13.6. The highest BCUT2D eigenvalue weighted by Gasteiger charge is 2.23. The van der Waals surface area contributed by atoms with Crippen LogP contribution in [-0.2, 0) is 11.2 Å². The van der Waals surface area contributed by atoms with E-state index in [9.17, 15) is 13.6 Å². The van der Waals surface area contributed by atoms with Crippen LogP contribution in [0.4, 0.5) is 8.78 Å². The molecule has 1 aliphatic heterocycles. The number of hydrogen-bond donors (Lipinski definition) is 1. The van der Waals surface area contributed by atoms with E-state index in [1.807, 2.05) is 4.90 Å². The number of aryl methyl sites for hydroxylation is 1. The van der Waals surface area contributed by atoms with Crippen molar-refractivity contribution in [1.82, 2.24) is 10.2 Å². The van der Waals surface area contributed by atoms with Crippen LogP contribution < -0.4 is 5.32 Å². The minimum Gasteiger partial charge on any atom is -0.341 e. The molecule has 0 spiro atoms. The molecule has 1 N–H and O–H groups in total. The average Bonchev–Trinajstić information content (AvgIpc) is 2.47. The van der Waals surface area contributed by atoms with E-state index in [4.69, 9.17) is 0 Å². The highest BCUT2D eigenvalue weighted by atomic mass is 35.5. The van der Waals surface area contributed by atoms with Gasteiger partial charge in [0, 0.05) is 19.2 Å². The molecule has 1 fully saturated rings. The second-order valence-corrected chi connectivity index (χ2v) is 5.65. The van der Waals surface area contributed by atoms with Crippen molar-refractivity contribution in [3.8, 4) is 0 Å². The van der Waals surface area contributed by atoms with Gasteiger partial charge in [-0.2, -0.15) is 0 Å². The molecule has 0 aromatic heterocycles. The summed E-state index contributed by atoms with van der Waals surface area (Å²) in [5.74, 6) is -0.508. The van der Waals surface area contributed by atoms with Crippen LogP contribution >= 0.6 is 12.4 Å². The van der Waals surface area contributed by atoms with Crippen LogP contribution in [0.5, 0.6) is 0 Å². The summed E-state index contributed by atoms with van der Waals surface area (Å²) >= 11 is 0. The Bertz CT molecular complexity index is 499. The lowest BCUT2D eigenvalue weighted by Crippen LogP contribution is -2.43. The second-order valence-electron chi connectivity index (χ2n) is 5.65. The predicted octanol–water partition coefficient (Wildman–Crippen LogP) is 2.78. The fraction of sp³-hybridized carbons (Fsp3) is 0.562. The third-order valence-corrected chi connectivity index (χ3v) is 4.04. The molecule has 1 aromatic rings. The summed E-state index contributed by atoms with van der Waals surface area (Å²) in [5.41, 5.74) is 0.551. The van der Waals surface area contributed by atoms with Gasteiger partial charge in [-0.3, -0.25) is 4.79 Å². The summed E-state index contributed by atoms with van der Waals surface area (Å²) in [5, 5.41) is 2.87. The molecule has 0 saturated carbocycles. The molecule has 3 nitrogen and oxygen atoms in total. The van der Waals surface area contributed by atoms with Crippen molar-refractivity contribution in [2.45, 2.75) is 25.7 Å². The van der Waals surface area contributed by atoms with Crippen molar-refractivity contribution in [2.75, 3.05) is 26.7 Å². The molecule has 1 unspecified atom stereocenters. The SMILES string of the molecule is CNCC(=O)N1CCCC(CCc2ccc(F)cc2F)C1.Cl. The molecular weight excluding hydrogens is 310 g/mol. The van der Waals surface area contributed by atoms with Gasteiger partial charge in [0.25, 0.3) is 0 Å². The van der Waals surface area contributed by atoms with Crippen molar-refractivity contribution < 1.29 is 13.6 Å². The van der Waals surface area contributed by atoms with E-state index in [-0.39, 0.29) is 18.3 Å². The van der Waals surface area contributed by atoms with Gasteiger partial charge in [0.2, 0.25) is 5.91 Å². The highest BCUT2D eigenvalue weighted by molar-refractivity contribution is 5.85. The fourth-order valence-electron chi connectivity index (χ4n) is 2.87. The third kappa shape index (κ3) is 5.21. The van der Waals surface area contributed by atoms with E-state index >= 15 is 0 Å². The number of amides is 1.